The smallest absolute Gasteiger partial charge is 0.335 e. The normalized spacial score (nSPS) is 24.6. The zero-order valence-electron chi connectivity index (χ0n) is 10.5. The van der Waals surface area contributed by atoms with E-state index in [9.17, 15) is 4.79 Å². The summed E-state index contributed by atoms with van der Waals surface area (Å²) in [5, 5.41) is 0. The molecule has 1 aliphatic rings. The summed E-state index contributed by atoms with van der Waals surface area (Å²) in [7, 11) is -1.51. The van der Waals surface area contributed by atoms with Gasteiger partial charge in [-0.3, -0.25) is 0 Å². The van der Waals surface area contributed by atoms with Gasteiger partial charge in [-0.15, -0.1) is 0 Å². The van der Waals surface area contributed by atoms with Crippen LogP contribution in [0.2, 0.25) is 19.1 Å². The van der Waals surface area contributed by atoms with Crippen LogP contribution in [-0.4, -0.2) is 32.7 Å². The SMILES string of the molecule is CC1(C)COC(=O)C1OCCC[Si](C)(C)Cl. The molecule has 1 saturated heterocycles. The third-order valence-corrected chi connectivity index (χ3v) is 4.82. The van der Waals surface area contributed by atoms with Gasteiger partial charge in [-0.05, 0) is 12.5 Å². The molecular weight excluding hydrogens is 244 g/mol. The number of carbonyl (C=O) groups is 1. The van der Waals surface area contributed by atoms with Crippen LogP contribution in [0.25, 0.3) is 0 Å². The van der Waals surface area contributed by atoms with Gasteiger partial charge in [0.2, 0.25) is 0 Å². The summed E-state index contributed by atoms with van der Waals surface area (Å²) in [6.07, 6.45) is 0.510. The minimum Gasteiger partial charge on any atom is -0.463 e. The molecule has 1 atom stereocenters. The molecule has 1 heterocycles. The summed E-state index contributed by atoms with van der Waals surface area (Å²) in [4.78, 5) is 11.4. The Kier molecular flexibility index (Phi) is 4.43. The molecule has 0 aliphatic carbocycles. The fourth-order valence-electron chi connectivity index (χ4n) is 1.71. The quantitative estimate of drug-likeness (QED) is 0.332. The first kappa shape index (κ1) is 14.0. The molecule has 1 unspecified atom stereocenters. The van der Waals surface area contributed by atoms with Gasteiger partial charge in [0.15, 0.2) is 13.5 Å². The second-order valence-corrected chi connectivity index (χ2v) is 12.7. The molecular formula is C11H21ClO3Si. The number of hydrogen-bond donors (Lipinski definition) is 0. The predicted molar refractivity (Wildman–Crippen MR) is 67.2 cm³/mol. The fraction of sp³-hybridized carbons (Fsp3) is 0.909. The van der Waals surface area contributed by atoms with Crippen LogP contribution in [0.1, 0.15) is 20.3 Å². The van der Waals surface area contributed by atoms with Crippen molar-refractivity contribution in [1.82, 2.24) is 0 Å². The van der Waals surface area contributed by atoms with Crippen molar-refractivity contribution in [3.8, 4) is 0 Å². The Morgan fingerprint density at radius 2 is 2.19 bits per heavy atom. The minimum atomic E-state index is -1.51. The van der Waals surface area contributed by atoms with E-state index < -0.39 is 13.5 Å². The number of ether oxygens (including phenoxy) is 2. The van der Waals surface area contributed by atoms with Crippen LogP contribution in [0, 0.1) is 5.41 Å². The third-order valence-electron chi connectivity index (χ3n) is 2.71. The molecule has 0 amide bonds. The first-order chi connectivity index (χ1) is 7.22. The van der Waals surface area contributed by atoms with Gasteiger partial charge in [-0.1, -0.05) is 26.9 Å². The van der Waals surface area contributed by atoms with Crippen LogP contribution in [-0.2, 0) is 14.3 Å². The Labute approximate surface area is 103 Å². The van der Waals surface area contributed by atoms with Crippen molar-refractivity contribution in [1.29, 1.82) is 0 Å². The fourth-order valence-corrected chi connectivity index (χ4v) is 3.10. The average molecular weight is 265 g/mol. The van der Waals surface area contributed by atoms with Crippen molar-refractivity contribution in [3.63, 3.8) is 0 Å². The zero-order valence-corrected chi connectivity index (χ0v) is 12.3. The van der Waals surface area contributed by atoms with Gasteiger partial charge in [0, 0.05) is 12.0 Å². The van der Waals surface area contributed by atoms with E-state index >= 15 is 0 Å². The van der Waals surface area contributed by atoms with Crippen molar-refractivity contribution in [3.05, 3.63) is 0 Å². The second-order valence-electron chi connectivity index (χ2n) is 5.67. The Bertz CT molecular complexity index is 260. The van der Waals surface area contributed by atoms with Crippen molar-refractivity contribution in [2.45, 2.75) is 45.5 Å². The Morgan fingerprint density at radius 3 is 2.62 bits per heavy atom. The molecule has 5 heteroatoms. The maximum atomic E-state index is 11.4. The topological polar surface area (TPSA) is 35.5 Å². The van der Waals surface area contributed by atoms with Crippen LogP contribution in [0.4, 0.5) is 0 Å². The van der Waals surface area contributed by atoms with Crippen molar-refractivity contribution in [2.75, 3.05) is 13.2 Å². The maximum absolute atomic E-state index is 11.4. The largest absolute Gasteiger partial charge is 0.463 e. The highest BCUT2D eigenvalue weighted by atomic mass is 35.6. The number of halogens is 1. The highest BCUT2D eigenvalue weighted by Crippen LogP contribution is 2.31. The van der Waals surface area contributed by atoms with E-state index in [1.807, 2.05) is 13.8 Å². The average Bonchev–Trinajstić information content (AvgIpc) is 2.35. The molecule has 0 aromatic carbocycles. The minimum absolute atomic E-state index is 0.203. The molecule has 0 aromatic heterocycles. The monoisotopic (exact) mass is 264 g/mol. The molecule has 94 valence electrons. The molecule has 0 radical (unpaired) electrons. The van der Waals surface area contributed by atoms with Crippen LogP contribution in [0.3, 0.4) is 0 Å². The zero-order chi connectivity index (χ0) is 12.4. The molecule has 1 aliphatic heterocycles. The summed E-state index contributed by atoms with van der Waals surface area (Å²) >= 11 is 6.20. The van der Waals surface area contributed by atoms with Crippen LogP contribution in [0.15, 0.2) is 0 Å². The van der Waals surface area contributed by atoms with Gasteiger partial charge in [0.1, 0.15) is 0 Å². The predicted octanol–water partition coefficient (Wildman–Crippen LogP) is 2.79. The van der Waals surface area contributed by atoms with Crippen molar-refractivity contribution >= 4 is 24.4 Å². The van der Waals surface area contributed by atoms with Crippen LogP contribution in [0.5, 0.6) is 0 Å². The highest BCUT2D eigenvalue weighted by molar-refractivity contribution is 7.19. The van der Waals surface area contributed by atoms with E-state index in [1.165, 1.54) is 0 Å². The summed E-state index contributed by atoms with van der Waals surface area (Å²) in [6.45, 7) is 9.24. The lowest BCUT2D eigenvalue weighted by Gasteiger charge is -2.22. The van der Waals surface area contributed by atoms with Gasteiger partial charge >= 0.3 is 5.97 Å². The molecule has 1 rings (SSSR count). The van der Waals surface area contributed by atoms with E-state index in [-0.39, 0.29) is 11.4 Å². The lowest BCUT2D eigenvalue weighted by molar-refractivity contribution is -0.148. The van der Waals surface area contributed by atoms with E-state index in [2.05, 4.69) is 13.1 Å². The Balaban J connectivity index is 2.30. The van der Waals surface area contributed by atoms with Gasteiger partial charge in [0.05, 0.1) is 6.61 Å². The maximum Gasteiger partial charge on any atom is 0.335 e. The molecule has 0 aromatic rings. The van der Waals surface area contributed by atoms with Crippen LogP contribution < -0.4 is 0 Å². The molecule has 0 spiro atoms. The molecule has 0 bridgehead atoms. The van der Waals surface area contributed by atoms with Gasteiger partial charge in [-0.25, -0.2) is 4.79 Å². The first-order valence-corrected chi connectivity index (χ1v) is 9.91. The third kappa shape index (κ3) is 4.07. The van der Waals surface area contributed by atoms with Crippen molar-refractivity contribution in [2.24, 2.45) is 5.41 Å². The summed E-state index contributed by atoms with van der Waals surface area (Å²) in [5.74, 6) is -0.229. The lowest BCUT2D eigenvalue weighted by atomic mass is 9.90. The summed E-state index contributed by atoms with van der Waals surface area (Å²) in [6, 6.07) is 1.01. The van der Waals surface area contributed by atoms with Gasteiger partial charge < -0.3 is 9.47 Å². The van der Waals surface area contributed by atoms with E-state index in [1.54, 1.807) is 0 Å². The van der Waals surface area contributed by atoms with Gasteiger partial charge in [-0.2, -0.15) is 11.1 Å². The number of cyclic esters (lactones) is 1. The van der Waals surface area contributed by atoms with Gasteiger partial charge in [0.25, 0.3) is 0 Å². The van der Waals surface area contributed by atoms with E-state index in [4.69, 9.17) is 20.6 Å². The molecule has 3 nitrogen and oxygen atoms in total. The lowest BCUT2D eigenvalue weighted by Crippen LogP contribution is -2.33. The number of carbonyl (C=O) groups excluding carboxylic acids is 1. The molecule has 1 fully saturated rings. The van der Waals surface area contributed by atoms with E-state index in [0.29, 0.717) is 13.2 Å². The Morgan fingerprint density at radius 1 is 1.56 bits per heavy atom. The number of esters is 1. The van der Waals surface area contributed by atoms with Crippen molar-refractivity contribution < 1.29 is 14.3 Å². The summed E-state index contributed by atoms with van der Waals surface area (Å²) < 4.78 is 10.6. The number of hydrogen-bond acceptors (Lipinski definition) is 3. The molecule has 0 saturated carbocycles. The summed E-state index contributed by atoms with van der Waals surface area (Å²) in [5.41, 5.74) is -0.203. The van der Waals surface area contributed by atoms with Crippen LogP contribution >= 0.6 is 11.1 Å². The number of rotatable bonds is 5. The second kappa shape index (κ2) is 5.06. The Hall–Kier alpha value is -0.0631. The van der Waals surface area contributed by atoms with E-state index in [0.717, 1.165) is 12.5 Å². The molecule has 0 N–H and O–H groups in total. The molecule has 16 heavy (non-hydrogen) atoms. The standard InChI is InChI=1S/C11H21ClO3Si/c1-11(2)8-15-10(13)9(11)14-6-5-7-16(3,4)12/h9H,5-8H2,1-4H3. The highest BCUT2D eigenvalue weighted by Gasteiger charge is 2.44. The first-order valence-electron chi connectivity index (χ1n) is 5.69.